The van der Waals surface area contributed by atoms with Crippen LogP contribution in [-0.4, -0.2) is 111 Å². The highest BCUT2D eigenvalue weighted by Crippen LogP contribution is 2.31. The van der Waals surface area contributed by atoms with Gasteiger partial charge in [-0.25, -0.2) is 9.59 Å². The molecule has 18 heteroatoms. The number of aliphatic carboxylic acids is 1. The molecule has 1 aliphatic heterocycles. The van der Waals surface area contributed by atoms with Gasteiger partial charge in [0.05, 0.1) is 5.02 Å². The van der Waals surface area contributed by atoms with Crippen LogP contribution < -0.4 is 31.9 Å². The highest BCUT2D eigenvalue weighted by molar-refractivity contribution is 6.32. The van der Waals surface area contributed by atoms with E-state index < -0.39 is 89.6 Å². The molecule has 4 rings (SSSR count). The van der Waals surface area contributed by atoms with Crippen molar-refractivity contribution < 1.29 is 43.8 Å². The average molecular weight is 910 g/mol. The van der Waals surface area contributed by atoms with Crippen LogP contribution in [0.4, 0.5) is 4.79 Å². The van der Waals surface area contributed by atoms with Gasteiger partial charge in [0.1, 0.15) is 42.0 Å². The number of hydrogen-bond acceptors (Lipinski definition) is 8. The number of aromatic nitrogens is 1. The standard InChI is InChI=1S/C46H65ClN8O9/c1-8-26(5)38-43(60)51-35(19-25(3)4)44(61)55(7)36(21-29-24-49-33-23-31(47)37(56)22-30(29)33)42(59)50-34(20-28-15-11-10-12-16-28)40(57)48-18-14-13-17-32(41(58)53-38)52-46(64)54-39(45(62)63)27(6)9-2/h10-12,15-16,22-27,32,34-36,38-39,49,56H,8-9,13-14,17-21H2,1-7H3,(H,48,57)(H,50,59)(H,51,60)(H,53,58)(H,62,63)(H2,52,54,64)/t26?,27?,32-,34+,35+,36+,38+,39+/m1/s1. The number of urea groups is 1. The van der Waals surface area contributed by atoms with Crippen molar-refractivity contribution in [3.8, 4) is 5.75 Å². The molecule has 1 fully saturated rings. The first-order valence-electron chi connectivity index (χ1n) is 22.1. The summed E-state index contributed by atoms with van der Waals surface area (Å²) in [6, 6.07) is 4.17. The van der Waals surface area contributed by atoms with E-state index in [4.69, 9.17) is 11.6 Å². The molecule has 9 N–H and O–H groups in total. The van der Waals surface area contributed by atoms with E-state index in [-0.39, 0.29) is 48.9 Å². The summed E-state index contributed by atoms with van der Waals surface area (Å²) in [6.45, 7) is 11.0. The monoisotopic (exact) mass is 908 g/mol. The largest absolute Gasteiger partial charge is 0.506 e. The maximum Gasteiger partial charge on any atom is 0.326 e. The molecule has 0 radical (unpaired) electrons. The van der Waals surface area contributed by atoms with Gasteiger partial charge in [0, 0.05) is 43.5 Å². The van der Waals surface area contributed by atoms with Crippen molar-refractivity contribution in [3.63, 3.8) is 0 Å². The topological polar surface area (TPSA) is 251 Å². The normalized spacial score (nSPS) is 22.5. The van der Waals surface area contributed by atoms with Crippen LogP contribution in [0, 0.1) is 17.8 Å². The number of carbonyl (C=O) groups excluding carboxylic acids is 6. The van der Waals surface area contributed by atoms with Gasteiger partial charge in [-0.3, -0.25) is 24.0 Å². The molecule has 0 bridgehead atoms. The van der Waals surface area contributed by atoms with Gasteiger partial charge in [0.2, 0.25) is 29.5 Å². The summed E-state index contributed by atoms with van der Waals surface area (Å²) < 4.78 is 0. The number of nitrogens with one attached hydrogen (secondary N) is 7. The first-order chi connectivity index (χ1) is 30.3. The Morgan fingerprint density at radius 2 is 1.56 bits per heavy atom. The highest BCUT2D eigenvalue weighted by atomic mass is 35.5. The van der Waals surface area contributed by atoms with Crippen molar-refractivity contribution in [2.75, 3.05) is 13.6 Å². The quantitative estimate of drug-likeness (QED) is 0.119. The van der Waals surface area contributed by atoms with Gasteiger partial charge in [-0.1, -0.05) is 96.3 Å². The molecule has 2 unspecified atom stereocenters. The molecule has 64 heavy (non-hydrogen) atoms. The number of aromatic hydroxyl groups is 1. The minimum absolute atomic E-state index is 0.0603. The number of halogens is 1. The van der Waals surface area contributed by atoms with Gasteiger partial charge in [0.15, 0.2) is 0 Å². The number of aromatic amines is 1. The lowest BCUT2D eigenvalue weighted by Crippen LogP contribution is -2.61. The molecule has 1 aliphatic rings. The molecule has 17 nitrogen and oxygen atoms in total. The minimum atomic E-state index is -1.23. The van der Waals surface area contributed by atoms with Gasteiger partial charge in [0.25, 0.3) is 0 Å². The molecule has 1 saturated heterocycles. The predicted octanol–water partition coefficient (Wildman–Crippen LogP) is 4.15. The van der Waals surface area contributed by atoms with Gasteiger partial charge >= 0.3 is 12.0 Å². The fraction of sp³-hybridized carbons (Fsp3) is 0.543. The van der Waals surface area contributed by atoms with Crippen LogP contribution in [0.25, 0.3) is 10.9 Å². The number of rotatable bonds is 13. The predicted molar refractivity (Wildman–Crippen MR) is 243 cm³/mol. The Bertz CT molecular complexity index is 2110. The molecule has 3 aromatic rings. The minimum Gasteiger partial charge on any atom is -0.506 e. The zero-order chi connectivity index (χ0) is 47.2. The van der Waals surface area contributed by atoms with Gasteiger partial charge in [-0.2, -0.15) is 0 Å². The third-order valence-electron chi connectivity index (χ3n) is 12.0. The molecule has 0 saturated carbocycles. The van der Waals surface area contributed by atoms with Crippen molar-refractivity contribution in [3.05, 3.63) is 64.8 Å². The second-order valence-corrected chi connectivity index (χ2v) is 17.7. The number of likely N-dealkylation sites (N-methyl/N-ethyl adjacent to an activating group) is 1. The molecular weight excluding hydrogens is 844 g/mol. The Morgan fingerprint density at radius 3 is 2.20 bits per heavy atom. The summed E-state index contributed by atoms with van der Waals surface area (Å²) in [5.74, 6) is -5.46. The molecule has 2 aromatic carbocycles. The summed E-state index contributed by atoms with van der Waals surface area (Å²) >= 11 is 6.19. The van der Waals surface area contributed by atoms with E-state index in [1.54, 1.807) is 33.0 Å². The van der Waals surface area contributed by atoms with E-state index in [1.807, 2.05) is 51.1 Å². The number of fused-ring (bicyclic) bond motifs is 1. The smallest absolute Gasteiger partial charge is 0.326 e. The molecular formula is C46H65ClN8O9. The van der Waals surface area contributed by atoms with Gasteiger partial charge < -0.3 is 52.0 Å². The molecule has 0 aliphatic carbocycles. The summed E-state index contributed by atoms with van der Waals surface area (Å²) in [6.07, 6.45) is 3.51. The molecule has 350 valence electrons. The SMILES string of the molecule is CCC(C)[C@H](NC(=O)N[C@@H]1CCCCNC(=O)[C@H](Cc2ccccc2)NC(=O)[C@H](Cc2c[nH]c3cc(Cl)c(O)cc23)N(C)C(=O)[C@H](CC(C)C)NC(=O)[C@H](C(C)CC)NC1=O)C(=O)O. The first-order valence-corrected chi connectivity index (χ1v) is 22.5. The summed E-state index contributed by atoms with van der Waals surface area (Å²) in [7, 11) is 1.45. The van der Waals surface area contributed by atoms with Crippen molar-refractivity contribution in [1.82, 2.24) is 41.8 Å². The van der Waals surface area contributed by atoms with Crippen LogP contribution in [0.5, 0.6) is 5.75 Å². The Hall–Kier alpha value is -5.84. The van der Waals surface area contributed by atoms with Crippen molar-refractivity contribution >= 4 is 64.0 Å². The van der Waals surface area contributed by atoms with Crippen molar-refractivity contribution in [2.45, 2.75) is 129 Å². The number of carboxylic acid groups (broad SMARTS) is 1. The Morgan fingerprint density at radius 1 is 0.875 bits per heavy atom. The summed E-state index contributed by atoms with van der Waals surface area (Å²) in [4.78, 5) is 101. The number of carboxylic acids is 1. The molecule has 0 spiro atoms. The zero-order valence-electron chi connectivity index (χ0n) is 37.8. The molecule has 2 heterocycles. The van der Waals surface area contributed by atoms with Gasteiger partial charge in [-0.15, -0.1) is 0 Å². The Kier molecular flexibility index (Phi) is 18.8. The fourth-order valence-corrected chi connectivity index (χ4v) is 7.87. The number of phenols is 1. The van der Waals surface area contributed by atoms with Crippen molar-refractivity contribution in [2.24, 2.45) is 17.8 Å². The highest BCUT2D eigenvalue weighted by Gasteiger charge is 2.38. The van der Waals surface area contributed by atoms with E-state index in [1.165, 1.54) is 18.0 Å². The zero-order valence-corrected chi connectivity index (χ0v) is 38.5. The average Bonchev–Trinajstić information content (AvgIpc) is 3.64. The lowest BCUT2D eigenvalue weighted by molar-refractivity contribution is -0.143. The van der Waals surface area contributed by atoms with E-state index in [0.717, 1.165) is 5.56 Å². The number of benzene rings is 2. The van der Waals surface area contributed by atoms with Crippen molar-refractivity contribution in [1.29, 1.82) is 0 Å². The maximum absolute atomic E-state index is 14.7. The lowest BCUT2D eigenvalue weighted by atomic mass is 9.95. The lowest BCUT2D eigenvalue weighted by Gasteiger charge is -2.33. The van der Waals surface area contributed by atoms with Crippen LogP contribution in [-0.2, 0) is 41.6 Å². The van der Waals surface area contributed by atoms with Crippen LogP contribution in [0.2, 0.25) is 5.02 Å². The van der Waals surface area contributed by atoms with Gasteiger partial charge in [-0.05, 0) is 66.7 Å². The summed E-state index contributed by atoms with van der Waals surface area (Å²) in [5, 5.41) is 37.5. The van der Waals surface area contributed by atoms with Crippen LogP contribution in [0.1, 0.15) is 91.2 Å². The van der Waals surface area contributed by atoms with E-state index in [2.05, 4.69) is 36.9 Å². The second kappa shape index (κ2) is 23.7. The molecule has 1 aromatic heterocycles. The van der Waals surface area contributed by atoms with E-state index in [0.29, 0.717) is 42.1 Å². The second-order valence-electron chi connectivity index (χ2n) is 17.3. The molecule has 7 amide bonds. The number of H-pyrrole nitrogens is 1. The number of carbonyl (C=O) groups is 7. The number of nitrogens with zero attached hydrogens (tertiary/aromatic N) is 1. The number of amides is 7. The van der Waals surface area contributed by atoms with E-state index in [9.17, 15) is 43.8 Å². The van der Waals surface area contributed by atoms with E-state index >= 15 is 0 Å². The third kappa shape index (κ3) is 13.8. The third-order valence-corrected chi connectivity index (χ3v) is 12.3. The van der Waals surface area contributed by atoms with Crippen LogP contribution in [0.15, 0.2) is 48.7 Å². The fourth-order valence-electron chi connectivity index (χ4n) is 7.71. The Balaban J connectivity index is 1.77. The summed E-state index contributed by atoms with van der Waals surface area (Å²) in [5.41, 5.74) is 1.92. The number of phenolic OH excluding ortho intramolecular Hbond substituents is 1. The number of hydrogen-bond donors (Lipinski definition) is 9. The first kappa shape index (κ1) is 50.8. The molecule has 8 atom stereocenters. The Labute approximate surface area is 379 Å². The van der Waals surface area contributed by atoms with Crippen LogP contribution in [0.3, 0.4) is 0 Å². The maximum atomic E-state index is 14.7. The van der Waals surface area contributed by atoms with Crippen LogP contribution >= 0.6 is 11.6 Å².